The number of nitriles is 1. The fraction of sp³-hybridized carbons (Fsp3) is 0.455. The van der Waals surface area contributed by atoms with Crippen molar-refractivity contribution in [2.24, 2.45) is 5.92 Å². The smallest absolute Gasteiger partial charge is 0.317 e. The number of thiophene rings is 1. The highest BCUT2D eigenvalue weighted by atomic mass is 32.1. The lowest BCUT2D eigenvalue weighted by atomic mass is 9.97. The molecule has 1 unspecified atom stereocenters. The average Bonchev–Trinajstić information content (AvgIpc) is 3.24. The molecule has 2 amide bonds. The van der Waals surface area contributed by atoms with Crippen molar-refractivity contribution in [2.45, 2.75) is 32.4 Å². The van der Waals surface area contributed by atoms with Gasteiger partial charge in [-0.2, -0.15) is 5.26 Å². The highest BCUT2D eigenvalue weighted by Crippen LogP contribution is 2.29. The number of urea groups is 1. The number of hydrogen-bond donors (Lipinski definition) is 1. The first-order chi connectivity index (χ1) is 13.6. The van der Waals surface area contributed by atoms with Crippen molar-refractivity contribution in [3.63, 3.8) is 0 Å². The maximum atomic E-state index is 12.6. The van der Waals surface area contributed by atoms with Crippen molar-refractivity contribution in [3.8, 4) is 6.07 Å². The van der Waals surface area contributed by atoms with Crippen molar-refractivity contribution in [2.75, 3.05) is 26.7 Å². The molecule has 28 heavy (non-hydrogen) atoms. The Morgan fingerprint density at radius 1 is 1.36 bits per heavy atom. The third-order valence-electron chi connectivity index (χ3n) is 5.40. The summed E-state index contributed by atoms with van der Waals surface area (Å²) in [6.07, 6.45) is 2.43. The summed E-state index contributed by atoms with van der Waals surface area (Å²) >= 11 is 1.76. The summed E-state index contributed by atoms with van der Waals surface area (Å²) in [5.74, 6) is 0.783. The molecule has 1 atom stereocenters. The van der Waals surface area contributed by atoms with Gasteiger partial charge in [-0.1, -0.05) is 25.1 Å². The number of likely N-dealkylation sites (tertiary alicyclic amines) is 1. The van der Waals surface area contributed by atoms with Crippen LogP contribution in [-0.4, -0.2) is 42.5 Å². The van der Waals surface area contributed by atoms with Crippen LogP contribution in [0.3, 0.4) is 0 Å². The van der Waals surface area contributed by atoms with Crippen LogP contribution in [0.25, 0.3) is 0 Å². The Balaban J connectivity index is 1.59. The minimum Gasteiger partial charge on any atom is -0.336 e. The summed E-state index contributed by atoms with van der Waals surface area (Å²) < 4.78 is 0. The van der Waals surface area contributed by atoms with E-state index in [0.717, 1.165) is 24.6 Å². The second-order valence-corrected chi connectivity index (χ2v) is 8.58. The predicted octanol–water partition coefficient (Wildman–Crippen LogP) is 4.23. The van der Waals surface area contributed by atoms with Crippen molar-refractivity contribution in [1.29, 1.82) is 5.26 Å². The van der Waals surface area contributed by atoms with Crippen LogP contribution in [0.2, 0.25) is 0 Å². The van der Waals surface area contributed by atoms with Gasteiger partial charge < -0.3 is 10.2 Å². The van der Waals surface area contributed by atoms with Crippen LogP contribution in [0, 0.1) is 17.2 Å². The molecule has 6 heteroatoms. The molecule has 5 nitrogen and oxygen atoms in total. The molecule has 0 radical (unpaired) electrons. The summed E-state index contributed by atoms with van der Waals surface area (Å²) in [6, 6.07) is 13.9. The Labute approximate surface area is 171 Å². The van der Waals surface area contributed by atoms with Gasteiger partial charge in [0.2, 0.25) is 0 Å². The van der Waals surface area contributed by atoms with Gasteiger partial charge in [-0.15, -0.1) is 11.3 Å². The molecule has 3 rings (SSSR count). The van der Waals surface area contributed by atoms with Gasteiger partial charge in [0, 0.05) is 25.0 Å². The quantitative estimate of drug-likeness (QED) is 0.795. The Bertz CT molecular complexity index is 806. The van der Waals surface area contributed by atoms with E-state index in [2.05, 4.69) is 40.7 Å². The molecule has 0 saturated carbocycles. The molecule has 0 aliphatic carbocycles. The van der Waals surface area contributed by atoms with E-state index >= 15 is 0 Å². The predicted molar refractivity (Wildman–Crippen MR) is 113 cm³/mol. The SMILES string of the molecule is CC1CCN(C(CNC(=O)N(C)Cc2cccc(C#N)c2)c2cccs2)CC1. The Morgan fingerprint density at radius 2 is 2.14 bits per heavy atom. The molecule has 2 heterocycles. The molecule has 1 aromatic heterocycles. The minimum atomic E-state index is -0.0886. The van der Waals surface area contributed by atoms with E-state index in [0.29, 0.717) is 18.7 Å². The number of benzene rings is 1. The largest absolute Gasteiger partial charge is 0.336 e. The number of piperidine rings is 1. The van der Waals surface area contributed by atoms with E-state index in [4.69, 9.17) is 5.26 Å². The number of nitrogens with zero attached hydrogens (tertiary/aromatic N) is 3. The van der Waals surface area contributed by atoms with Crippen LogP contribution in [0.1, 0.15) is 41.8 Å². The standard InChI is InChI=1S/C22H28N4OS/c1-17-8-10-26(11-9-17)20(21-7-4-12-28-21)15-24-22(27)25(2)16-19-6-3-5-18(13-19)14-23/h3-7,12-13,17,20H,8-11,15-16H2,1-2H3,(H,24,27). The van der Waals surface area contributed by atoms with Crippen LogP contribution in [-0.2, 0) is 6.54 Å². The van der Waals surface area contributed by atoms with Crippen molar-refractivity contribution >= 4 is 17.4 Å². The number of rotatable bonds is 6. The average molecular weight is 397 g/mol. The second-order valence-electron chi connectivity index (χ2n) is 7.60. The number of hydrogen-bond acceptors (Lipinski definition) is 4. The minimum absolute atomic E-state index is 0.0886. The van der Waals surface area contributed by atoms with E-state index in [1.54, 1.807) is 29.4 Å². The molecular weight excluding hydrogens is 368 g/mol. The maximum absolute atomic E-state index is 12.6. The molecule has 1 aromatic carbocycles. The third kappa shape index (κ3) is 5.34. The Hall–Kier alpha value is -2.36. The summed E-state index contributed by atoms with van der Waals surface area (Å²) in [5, 5.41) is 14.3. The first-order valence-corrected chi connectivity index (χ1v) is 10.7. The summed E-state index contributed by atoms with van der Waals surface area (Å²) in [4.78, 5) is 18.1. The van der Waals surface area contributed by atoms with Gasteiger partial charge in [0.05, 0.1) is 17.7 Å². The first kappa shape index (κ1) is 20.4. The Kier molecular flexibility index (Phi) is 7.07. The zero-order chi connectivity index (χ0) is 19.9. The zero-order valence-electron chi connectivity index (χ0n) is 16.6. The lowest BCUT2D eigenvalue weighted by molar-refractivity contribution is 0.135. The van der Waals surface area contributed by atoms with Gasteiger partial charge in [-0.05, 0) is 61.0 Å². The molecule has 0 spiro atoms. The van der Waals surface area contributed by atoms with Crippen LogP contribution < -0.4 is 5.32 Å². The lowest BCUT2D eigenvalue weighted by Crippen LogP contribution is -2.44. The molecule has 1 aliphatic rings. The van der Waals surface area contributed by atoms with Gasteiger partial charge in [0.1, 0.15) is 0 Å². The second kappa shape index (κ2) is 9.72. The van der Waals surface area contributed by atoms with Crippen molar-refractivity contribution in [3.05, 3.63) is 57.8 Å². The summed E-state index contributed by atoms with van der Waals surface area (Å²) in [7, 11) is 1.79. The molecule has 1 saturated heterocycles. The van der Waals surface area contributed by atoms with Crippen LogP contribution >= 0.6 is 11.3 Å². The fourth-order valence-electron chi connectivity index (χ4n) is 3.63. The van der Waals surface area contributed by atoms with E-state index in [9.17, 15) is 4.79 Å². The molecule has 0 bridgehead atoms. The number of carbonyl (C=O) groups is 1. The van der Waals surface area contributed by atoms with Crippen molar-refractivity contribution < 1.29 is 4.79 Å². The fourth-order valence-corrected chi connectivity index (χ4v) is 4.50. The van der Waals surface area contributed by atoms with Gasteiger partial charge in [-0.25, -0.2) is 4.79 Å². The van der Waals surface area contributed by atoms with E-state index in [1.807, 2.05) is 18.2 Å². The Morgan fingerprint density at radius 3 is 2.82 bits per heavy atom. The monoisotopic (exact) mass is 396 g/mol. The molecule has 1 aliphatic heterocycles. The number of nitrogens with one attached hydrogen (secondary N) is 1. The van der Waals surface area contributed by atoms with Crippen LogP contribution in [0.15, 0.2) is 41.8 Å². The molecular formula is C22H28N4OS. The van der Waals surface area contributed by atoms with Gasteiger partial charge in [-0.3, -0.25) is 4.90 Å². The highest BCUT2D eigenvalue weighted by molar-refractivity contribution is 7.10. The van der Waals surface area contributed by atoms with Crippen LogP contribution in [0.5, 0.6) is 0 Å². The number of amides is 2. The normalized spacial score (nSPS) is 16.3. The van der Waals surface area contributed by atoms with Gasteiger partial charge in [0.25, 0.3) is 0 Å². The third-order valence-corrected chi connectivity index (χ3v) is 6.37. The van der Waals surface area contributed by atoms with E-state index in [1.165, 1.54) is 17.7 Å². The van der Waals surface area contributed by atoms with Crippen LogP contribution in [0.4, 0.5) is 4.79 Å². The zero-order valence-corrected chi connectivity index (χ0v) is 17.4. The lowest BCUT2D eigenvalue weighted by Gasteiger charge is -2.36. The summed E-state index contributed by atoms with van der Waals surface area (Å²) in [5.41, 5.74) is 1.57. The first-order valence-electron chi connectivity index (χ1n) is 9.82. The van der Waals surface area contributed by atoms with Gasteiger partial charge in [0.15, 0.2) is 0 Å². The highest BCUT2D eigenvalue weighted by Gasteiger charge is 2.26. The van der Waals surface area contributed by atoms with E-state index in [-0.39, 0.29) is 12.1 Å². The van der Waals surface area contributed by atoms with E-state index < -0.39 is 0 Å². The number of carbonyl (C=O) groups excluding carboxylic acids is 1. The van der Waals surface area contributed by atoms with Crippen molar-refractivity contribution in [1.82, 2.24) is 15.1 Å². The topological polar surface area (TPSA) is 59.4 Å². The molecule has 1 N–H and O–H groups in total. The summed E-state index contributed by atoms with van der Waals surface area (Å²) in [6.45, 7) is 5.56. The maximum Gasteiger partial charge on any atom is 0.317 e. The van der Waals surface area contributed by atoms with Gasteiger partial charge >= 0.3 is 6.03 Å². The molecule has 2 aromatic rings. The molecule has 148 valence electrons. The molecule has 1 fully saturated rings.